The molecule has 1 aromatic heterocycles. The van der Waals surface area contributed by atoms with Crippen LogP contribution in [0.2, 0.25) is 0 Å². The average molecular weight is 345 g/mol. The molecular weight excluding hydrogens is 322 g/mol. The summed E-state index contributed by atoms with van der Waals surface area (Å²) in [5.74, 6) is 0.967. The van der Waals surface area contributed by atoms with E-state index >= 15 is 0 Å². The van der Waals surface area contributed by atoms with E-state index in [1.807, 2.05) is 21.8 Å². The van der Waals surface area contributed by atoms with Gasteiger partial charge in [-0.25, -0.2) is 0 Å². The Hall–Kier alpha value is -2.54. The number of carbonyl (C=O) groups excluding carboxylic acids is 1. The number of methoxy groups -OCH3 is 1. The van der Waals surface area contributed by atoms with Crippen LogP contribution in [-0.2, 0) is 0 Å². The van der Waals surface area contributed by atoms with Gasteiger partial charge in [0.2, 0.25) is 0 Å². The van der Waals surface area contributed by atoms with Crippen LogP contribution in [0.3, 0.4) is 0 Å². The van der Waals surface area contributed by atoms with Gasteiger partial charge in [0.25, 0.3) is 5.91 Å². The molecule has 7 nitrogen and oxygen atoms in total. The van der Waals surface area contributed by atoms with Crippen LogP contribution >= 0.6 is 0 Å². The third kappa shape index (κ3) is 3.93. The van der Waals surface area contributed by atoms with E-state index in [0.717, 1.165) is 19.4 Å². The fourth-order valence-corrected chi connectivity index (χ4v) is 3.11. The summed E-state index contributed by atoms with van der Waals surface area (Å²) in [5, 5.41) is 13.2. The third-order valence-corrected chi connectivity index (χ3v) is 4.34. The molecule has 25 heavy (non-hydrogen) atoms. The predicted octanol–water partition coefficient (Wildman–Crippen LogP) is 1.74. The van der Waals surface area contributed by atoms with Crippen molar-refractivity contribution in [3.63, 3.8) is 0 Å². The van der Waals surface area contributed by atoms with Crippen LogP contribution in [0.15, 0.2) is 36.7 Å². The minimum atomic E-state index is -0.0982. The van der Waals surface area contributed by atoms with E-state index < -0.39 is 0 Å². The summed E-state index contributed by atoms with van der Waals surface area (Å²) in [5.41, 5.74) is 0.551. The van der Waals surface area contributed by atoms with Crippen molar-refractivity contribution in [2.24, 2.45) is 0 Å². The van der Waals surface area contributed by atoms with Gasteiger partial charge in [0.1, 0.15) is 6.61 Å². The molecule has 3 rings (SSSR count). The zero-order chi connectivity index (χ0) is 17.6. The monoisotopic (exact) mass is 345 g/mol. The Labute approximate surface area is 146 Å². The van der Waals surface area contributed by atoms with Gasteiger partial charge in [-0.3, -0.25) is 9.48 Å². The van der Waals surface area contributed by atoms with Crippen molar-refractivity contribution in [2.45, 2.75) is 18.9 Å². The highest BCUT2D eigenvalue weighted by atomic mass is 16.5. The van der Waals surface area contributed by atoms with Crippen LogP contribution in [-0.4, -0.2) is 59.1 Å². The van der Waals surface area contributed by atoms with Gasteiger partial charge < -0.3 is 19.5 Å². The minimum absolute atomic E-state index is 0.0339. The summed E-state index contributed by atoms with van der Waals surface area (Å²) < 4.78 is 12.6. The number of rotatable bonds is 6. The van der Waals surface area contributed by atoms with Crippen LogP contribution in [0.5, 0.6) is 11.5 Å². The molecule has 1 N–H and O–H groups in total. The maximum Gasteiger partial charge on any atom is 0.254 e. The van der Waals surface area contributed by atoms with Gasteiger partial charge in [0, 0.05) is 31.0 Å². The molecular formula is C18H23N3O4. The Kier molecular flexibility index (Phi) is 5.55. The Morgan fingerprint density at radius 3 is 3.00 bits per heavy atom. The molecule has 2 aromatic rings. The van der Waals surface area contributed by atoms with Crippen molar-refractivity contribution in [1.82, 2.24) is 14.7 Å². The minimum Gasteiger partial charge on any atom is -0.493 e. The second kappa shape index (κ2) is 8.02. The number of hydrogen-bond acceptors (Lipinski definition) is 5. The number of piperidine rings is 1. The molecule has 0 aliphatic carbocycles. The van der Waals surface area contributed by atoms with Gasteiger partial charge in [0.05, 0.1) is 19.8 Å². The van der Waals surface area contributed by atoms with Crippen LogP contribution < -0.4 is 9.47 Å². The van der Waals surface area contributed by atoms with E-state index in [4.69, 9.17) is 14.6 Å². The van der Waals surface area contributed by atoms with Crippen molar-refractivity contribution >= 4 is 5.91 Å². The smallest absolute Gasteiger partial charge is 0.254 e. The number of hydrogen-bond donors (Lipinski definition) is 1. The van der Waals surface area contributed by atoms with Gasteiger partial charge in [-0.2, -0.15) is 5.10 Å². The largest absolute Gasteiger partial charge is 0.493 e. The van der Waals surface area contributed by atoms with Gasteiger partial charge >= 0.3 is 0 Å². The topological polar surface area (TPSA) is 76.8 Å². The summed E-state index contributed by atoms with van der Waals surface area (Å²) in [6.45, 7) is 1.42. The molecule has 1 atom stereocenters. The number of likely N-dealkylation sites (tertiary alicyclic amines) is 1. The first kappa shape index (κ1) is 17.3. The van der Waals surface area contributed by atoms with E-state index in [1.54, 1.807) is 31.5 Å². The number of ether oxygens (including phenoxy) is 2. The average Bonchev–Trinajstić information content (AvgIpc) is 3.20. The highest BCUT2D eigenvalue weighted by Crippen LogP contribution is 2.29. The second-order valence-corrected chi connectivity index (χ2v) is 5.97. The molecule has 0 saturated carbocycles. The van der Waals surface area contributed by atoms with Gasteiger partial charge in [-0.15, -0.1) is 0 Å². The number of aromatic nitrogens is 2. The predicted molar refractivity (Wildman–Crippen MR) is 92.0 cm³/mol. The molecule has 7 heteroatoms. The lowest BCUT2D eigenvalue weighted by Gasteiger charge is -2.33. The number of carbonyl (C=O) groups is 1. The zero-order valence-corrected chi connectivity index (χ0v) is 14.3. The second-order valence-electron chi connectivity index (χ2n) is 5.97. The third-order valence-electron chi connectivity index (χ3n) is 4.34. The molecule has 1 aliphatic heterocycles. The van der Waals surface area contributed by atoms with Crippen molar-refractivity contribution in [3.05, 3.63) is 42.2 Å². The lowest BCUT2D eigenvalue weighted by atomic mass is 10.0. The van der Waals surface area contributed by atoms with E-state index in [1.165, 1.54) is 0 Å². The Morgan fingerprint density at radius 2 is 2.28 bits per heavy atom. The molecule has 1 aromatic carbocycles. The van der Waals surface area contributed by atoms with Gasteiger partial charge in [0.15, 0.2) is 11.5 Å². The molecule has 134 valence electrons. The van der Waals surface area contributed by atoms with Crippen molar-refractivity contribution in [3.8, 4) is 11.5 Å². The fraction of sp³-hybridized carbons (Fsp3) is 0.444. The molecule has 1 aliphatic rings. The first-order chi connectivity index (χ1) is 12.2. The van der Waals surface area contributed by atoms with Crippen molar-refractivity contribution in [1.29, 1.82) is 0 Å². The lowest BCUT2D eigenvalue weighted by Crippen LogP contribution is -2.40. The molecule has 0 bridgehead atoms. The van der Waals surface area contributed by atoms with Gasteiger partial charge in [-0.05, 0) is 37.1 Å². The summed E-state index contributed by atoms with van der Waals surface area (Å²) in [6, 6.07) is 7.24. The molecule has 1 saturated heterocycles. The quantitative estimate of drug-likeness (QED) is 0.863. The van der Waals surface area contributed by atoms with Crippen LogP contribution in [0.25, 0.3) is 0 Å². The van der Waals surface area contributed by atoms with Gasteiger partial charge in [-0.1, -0.05) is 0 Å². The molecule has 1 fully saturated rings. The highest BCUT2D eigenvalue weighted by Gasteiger charge is 2.26. The first-order valence-electron chi connectivity index (χ1n) is 8.43. The van der Waals surface area contributed by atoms with E-state index in [9.17, 15) is 4.79 Å². The Balaban J connectivity index is 1.75. The van der Waals surface area contributed by atoms with Crippen LogP contribution in [0, 0.1) is 0 Å². The number of aliphatic hydroxyl groups excluding tert-OH is 1. The summed E-state index contributed by atoms with van der Waals surface area (Å²) in [6.07, 6.45) is 5.65. The maximum atomic E-state index is 12.9. The van der Waals surface area contributed by atoms with Crippen LogP contribution in [0.1, 0.15) is 29.2 Å². The number of amides is 1. The van der Waals surface area contributed by atoms with Crippen molar-refractivity contribution < 1.29 is 19.4 Å². The normalized spacial score (nSPS) is 17.4. The SMILES string of the molecule is COc1ccc(C(=O)N2CCC[C@H](n3cccn3)C2)cc1OCCO. The lowest BCUT2D eigenvalue weighted by molar-refractivity contribution is 0.0672. The number of aliphatic hydroxyl groups is 1. The summed E-state index contributed by atoms with van der Waals surface area (Å²) in [4.78, 5) is 14.7. The van der Waals surface area contributed by atoms with Crippen LogP contribution in [0.4, 0.5) is 0 Å². The zero-order valence-electron chi connectivity index (χ0n) is 14.3. The molecule has 1 amide bonds. The molecule has 2 heterocycles. The summed E-state index contributed by atoms with van der Waals surface area (Å²) in [7, 11) is 1.54. The number of nitrogens with zero attached hydrogens (tertiary/aromatic N) is 3. The summed E-state index contributed by atoms with van der Waals surface area (Å²) >= 11 is 0. The molecule has 0 radical (unpaired) electrons. The first-order valence-corrected chi connectivity index (χ1v) is 8.43. The highest BCUT2D eigenvalue weighted by molar-refractivity contribution is 5.95. The number of benzene rings is 1. The maximum absolute atomic E-state index is 12.9. The van der Waals surface area contributed by atoms with Crippen molar-refractivity contribution in [2.75, 3.05) is 33.4 Å². The van der Waals surface area contributed by atoms with E-state index in [-0.39, 0.29) is 25.2 Å². The standard InChI is InChI=1S/C18H23N3O4/c1-24-16-6-5-14(12-17(16)25-11-10-22)18(23)20-8-2-4-15(13-20)21-9-3-7-19-21/h3,5-7,9,12,15,22H,2,4,8,10-11,13H2,1H3/t15-/m0/s1. The van der Waals surface area contributed by atoms with E-state index in [0.29, 0.717) is 23.6 Å². The fourth-order valence-electron chi connectivity index (χ4n) is 3.11. The Morgan fingerprint density at radius 1 is 1.40 bits per heavy atom. The molecule has 0 spiro atoms. The molecule has 0 unspecified atom stereocenters. The Bertz CT molecular complexity index is 702. The van der Waals surface area contributed by atoms with E-state index in [2.05, 4.69) is 5.10 Å².